The standard InChI is InChI=1S/5C20H26S/c1-15(2)21-14-16-6-8-17(9-7-16)18-10-12-19(13-11-18)20(3,4)5;1-15(2)21-14-16-9-11-17(12-10-16)18-7-6-8-19(13-18)20(3,4)5;1-15(2)21-14-16-10-12-17(13-11-16)18-8-6-7-9-19(18)20(3,4)5;1-15(2)21-14-16-11-12-18(17-9-7-6-8-10-17)19(13-16)20(3,4)5;1-15(2)21-14-18-12-11-17(13-19(18)20(3,4)5)16-9-7-6-8-10-16/h5*6-13,15H,14H2,1-5H3. The van der Waals surface area contributed by atoms with Gasteiger partial charge in [0.05, 0.1) is 0 Å². The molecule has 0 radical (unpaired) electrons. The highest BCUT2D eigenvalue weighted by atomic mass is 32.2. The van der Waals surface area contributed by atoms with Crippen LogP contribution in [0.5, 0.6) is 0 Å². The normalized spacial score (nSPS) is 11.9. The Kier molecular flexibility index (Phi) is 34.7. The molecule has 0 atom stereocenters. The molecule has 0 aromatic heterocycles. The molecule has 0 fully saturated rings. The predicted octanol–water partition coefficient (Wildman–Crippen LogP) is 31.5. The van der Waals surface area contributed by atoms with Gasteiger partial charge in [0.15, 0.2) is 0 Å². The molecule has 10 aromatic carbocycles. The number of hydrogen-bond acceptors (Lipinski definition) is 5. The molecule has 0 saturated heterocycles. The Morgan fingerprint density at radius 1 is 0.210 bits per heavy atom. The van der Waals surface area contributed by atoms with Crippen LogP contribution in [0.3, 0.4) is 0 Å². The van der Waals surface area contributed by atoms with Gasteiger partial charge < -0.3 is 0 Å². The van der Waals surface area contributed by atoms with Gasteiger partial charge in [-0.05, 0) is 165 Å². The molecule has 0 aliphatic carbocycles. The average Bonchev–Trinajstić information content (AvgIpc) is 0.852. The Morgan fingerprint density at radius 3 is 0.952 bits per heavy atom. The van der Waals surface area contributed by atoms with Gasteiger partial charge in [-0.15, -0.1) is 0 Å². The van der Waals surface area contributed by atoms with Crippen LogP contribution in [0.1, 0.15) is 229 Å². The smallest absolute Gasteiger partial charge is 0.0190 e. The lowest BCUT2D eigenvalue weighted by Crippen LogP contribution is -2.14. The molecule has 0 nitrogen and oxygen atoms in total. The maximum atomic E-state index is 2.40. The van der Waals surface area contributed by atoms with Crippen LogP contribution in [0.15, 0.2) is 243 Å². The van der Waals surface area contributed by atoms with E-state index in [9.17, 15) is 0 Å². The lowest BCUT2D eigenvalue weighted by molar-refractivity contribution is 0.586. The van der Waals surface area contributed by atoms with Crippen molar-refractivity contribution in [2.45, 2.75) is 255 Å². The second-order valence-electron chi connectivity index (χ2n) is 34.3. The molecule has 0 unspecified atom stereocenters. The van der Waals surface area contributed by atoms with Gasteiger partial charge in [0.25, 0.3) is 0 Å². The monoisotopic (exact) mass is 1490 g/mol. The largest absolute Gasteiger partial charge is 0.154 e. The third kappa shape index (κ3) is 30.5. The summed E-state index contributed by atoms with van der Waals surface area (Å²) in [6, 6.07) is 89.0. The van der Waals surface area contributed by atoms with Crippen molar-refractivity contribution in [3.05, 3.63) is 298 Å². The summed E-state index contributed by atoms with van der Waals surface area (Å²) in [6.07, 6.45) is 0. The minimum absolute atomic E-state index is 0.156. The molecule has 0 aliphatic rings. The van der Waals surface area contributed by atoms with Crippen molar-refractivity contribution in [2.75, 3.05) is 0 Å². The fourth-order valence-electron chi connectivity index (χ4n) is 11.8. The van der Waals surface area contributed by atoms with E-state index in [4.69, 9.17) is 0 Å². The van der Waals surface area contributed by atoms with Gasteiger partial charge in [0, 0.05) is 28.8 Å². The van der Waals surface area contributed by atoms with E-state index >= 15 is 0 Å². The van der Waals surface area contributed by atoms with Crippen LogP contribution in [0.4, 0.5) is 0 Å². The first-order valence-electron chi connectivity index (χ1n) is 38.4. The summed E-state index contributed by atoms with van der Waals surface area (Å²) in [7, 11) is 0. The number of rotatable bonds is 20. The summed E-state index contributed by atoms with van der Waals surface area (Å²) in [5.74, 6) is 5.48. The molecule has 10 rings (SSSR count). The predicted molar refractivity (Wildman–Crippen MR) is 485 cm³/mol. The Balaban J connectivity index is 0.000000206. The van der Waals surface area contributed by atoms with E-state index < -0.39 is 0 Å². The first-order valence-corrected chi connectivity index (χ1v) is 43.6. The van der Waals surface area contributed by atoms with E-state index in [2.05, 4.69) is 416 Å². The van der Waals surface area contributed by atoms with Crippen LogP contribution >= 0.6 is 58.8 Å². The van der Waals surface area contributed by atoms with Crippen LogP contribution in [-0.4, -0.2) is 26.2 Å². The number of benzene rings is 10. The summed E-state index contributed by atoms with van der Waals surface area (Å²) >= 11 is 10.00. The fraction of sp³-hybridized carbons (Fsp3) is 0.400. The topological polar surface area (TPSA) is 0 Å². The summed E-state index contributed by atoms with van der Waals surface area (Å²) in [4.78, 5) is 0. The molecule has 5 heteroatoms. The Hall–Kier alpha value is -6.05. The highest BCUT2D eigenvalue weighted by molar-refractivity contribution is 8.00. The SMILES string of the molecule is CC(C)SCc1ccc(-c2ccc(C(C)(C)C)cc2)cc1.CC(C)SCc1ccc(-c2cccc(C(C)(C)C)c2)cc1.CC(C)SCc1ccc(-c2ccccc2)c(C(C)(C)C)c1.CC(C)SCc1ccc(-c2ccccc2)cc1C(C)(C)C.CC(C)SCc1ccc(-c2ccccc2C(C)(C)C)cc1. The maximum absolute atomic E-state index is 2.40. The van der Waals surface area contributed by atoms with Crippen molar-refractivity contribution in [3.63, 3.8) is 0 Å². The van der Waals surface area contributed by atoms with E-state index in [1.54, 1.807) is 0 Å². The van der Waals surface area contributed by atoms with Gasteiger partial charge in [-0.2, -0.15) is 58.8 Å². The summed E-state index contributed by atoms with van der Waals surface area (Å²) in [5, 5.41) is 3.41. The average molecular weight is 1490 g/mol. The van der Waals surface area contributed by atoms with Crippen LogP contribution in [-0.2, 0) is 55.8 Å². The van der Waals surface area contributed by atoms with Crippen LogP contribution in [0, 0.1) is 0 Å². The van der Waals surface area contributed by atoms with Crippen molar-refractivity contribution < 1.29 is 0 Å². The van der Waals surface area contributed by atoms with E-state index in [1.807, 2.05) is 58.8 Å². The zero-order valence-corrected chi connectivity index (χ0v) is 73.1. The quantitative estimate of drug-likeness (QED) is 0.0744. The van der Waals surface area contributed by atoms with Gasteiger partial charge in [0.2, 0.25) is 0 Å². The highest BCUT2D eigenvalue weighted by Gasteiger charge is 2.23. The zero-order chi connectivity index (χ0) is 77.3. The van der Waals surface area contributed by atoms with E-state index in [0.717, 1.165) is 28.8 Å². The summed E-state index contributed by atoms with van der Waals surface area (Å²) in [6.45, 7) is 56.7. The van der Waals surface area contributed by atoms with E-state index in [1.165, 1.54) is 111 Å². The first-order chi connectivity index (χ1) is 49.3. The second kappa shape index (κ2) is 41.5. The number of hydrogen-bond donors (Lipinski definition) is 0. The van der Waals surface area contributed by atoms with Gasteiger partial charge in [-0.25, -0.2) is 0 Å². The van der Waals surface area contributed by atoms with E-state index in [-0.39, 0.29) is 27.1 Å². The molecule has 10 aromatic rings. The molecule has 560 valence electrons. The first kappa shape index (κ1) is 87.9. The summed E-state index contributed by atoms with van der Waals surface area (Å²) < 4.78 is 0. The zero-order valence-electron chi connectivity index (χ0n) is 69.1. The third-order valence-corrected chi connectivity index (χ3v) is 23.8. The lowest BCUT2D eigenvalue weighted by atomic mass is 9.81. The third-order valence-electron chi connectivity index (χ3n) is 18.0. The molecule has 0 aliphatic heterocycles. The Bertz CT molecular complexity index is 4120. The molecule has 0 spiro atoms. The van der Waals surface area contributed by atoms with Crippen LogP contribution in [0.25, 0.3) is 55.6 Å². The van der Waals surface area contributed by atoms with Crippen molar-refractivity contribution in [2.24, 2.45) is 0 Å². The fourth-order valence-corrected chi connectivity index (χ4v) is 15.4. The maximum Gasteiger partial charge on any atom is 0.0190 e. The number of thioether (sulfide) groups is 5. The highest BCUT2D eigenvalue weighted by Crippen LogP contribution is 2.38. The van der Waals surface area contributed by atoms with Gasteiger partial charge in [-0.3, -0.25) is 0 Å². The van der Waals surface area contributed by atoms with Gasteiger partial charge >= 0.3 is 0 Å². The molecule has 0 N–H and O–H groups in total. The van der Waals surface area contributed by atoms with Gasteiger partial charge in [-0.1, -0.05) is 416 Å². The summed E-state index contributed by atoms with van der Waals surface area (Å²) in [5.41, 5.74) is 28.3. The van der Waals surface area contributed by atoms with Crippen molar-refractivity contribution in [1.29, 1.82) is 0 Å². The van der Waals surface area contributed by atoms with Crippen LogP contribution < -0.4 is 0 Å². The molecular formula is C100H130S5. The van der Waals surface area contributed by atoms with Crippen molar-refractivity contribution in [3.8, 4) is 55.6 Å². The molecule has 0 bridgehead atoms. The van der Waals surface area contributed by atoms with Gasteiger partial charge in [0.1, 0.15) is 0 Å². The van der Waals surface area contributed by atoms with E-state index in [0.29, 0.717) is 26.2 Å². The molecule has 0 heterocycles. The second-order valence-corrected chi connectivity index (χ2v) is 42.2. The Labute approximate surface area is 662 Å². The molecular weight excluding hydrogens is 1360 g/mol. The van der Waals surface area contributed by atoms with Crippen molar-refractivity contribution >= 4 is 58.8 Å². The minimum Gasteiger partial charge on any atom is -0.154 e. The van der Waals surface area contributed by atoms with Crippen molar-refractivity contribution in [1.82, 2.24) is 0 Å². The lowest BCUT2D eigenvalue weighted by Gasteiger charge is -2.24. The minimum atomic E-state index is 0.156. The molecule has 105 heavy (non-hydrogen) atoms. The Morgan fingerprint density at radius 2 is 0.524 bits per heavy atom. The molecule has 0 amide bonds. The molecule has 0 saturated carbocycles. The van der Waals surface area contributed by atoms with Crippen LogP contribution in [0.2, 0.25) is 0 Å².